The van der Waals surface area contributed by atoms with Gasteiger partial charge in [0.2, 0.25) is 0 Å². The van der Waals surface area contributed by atoms with Gasteiger partial charge in [-0.3, -0.25) is 4.57 Å². The lowest BCUT2D eigenvalue weighted by molar-refractivity contribution is 0.218. The topological polar surface area (TPSA) is 35.5 Å². The van der Waals surface area contributed by atoms with Crippen molar-refractivity contribution >= 4 is 8.25 Å². The molecule has 0 spiro atoms. The van der Waals surface area contributed by atoms with Gasteiger partial charge >= 0.3 is 8.25 Å². The van der Waals surface area contributed by atoms with Crippen LogP contribution in [0.15, 0.2) is 72.9 Å². The summed E-state index contributed by atoms with van der Waals surface area (Å²) < 4.78 is 22.6. The average Bonchev–Trinajstić information content (AvgIpc) is 2.96. The zero-order valence-electron chi connectivity index (χ0n) is 26.2. The zero-order valence-corrected chi connectivity index (χ0v) is 27.2. The van der Waals surface area contributed by atoms with E-state index in [9.17, 15) is 4.57 Å². The van der Waals surface area contributed by atoms with E-state index in [1.54, 1.807) is 0 Å². The van der Waals surface area contributed by atoms with Crippen LogP contribution in [0.25, 0.3) is 0 Å². The minimum Gasteiger partial charge on any atom is -0.311 e. The molecule has 0 N–H and O–H groups in total. The Morgan fingerprint density at radius 3 is 1.07 bits per heavy atom. The first-order valence-corrected chi connectivity index (χ1v) is 17.7. The molecule has 0 amide bonds. The van der Waals surface area contributed by atoms with Crippen LogP contribution < -0.4 is 0 Å². The molecule has 0 aliphatic heterocycles. The van der Waals surface area contributed by atoms with Crippen molar-refractivity contribution in [3.63, 3.8) is 0 Å². The summed E-state index contributed by atoms with van der Waals surface area (Å²) in [6.45, 7) is 5.45. The van der Waals surface area contributed by atoms with Gasteiger partial charge in [-0.2, -0.15) is 0 Å². The quantitative estimate of drug-likeness (QED) is 0.0486. The molecule has 0 fully saturated rings. The van der Waals surface area contributed by atoms with Crippen molar-refractivity contribution in [3.8, 4) is 0 Å². The van der Waals surface area contributed by atoms with Crippen molar-refractivity contribution in [2.75, 3.05) is 13.2 Å². The molecule has 0 heterocycles. The Kier molecular flexibility index (Phi) is 34.4. The first kappa shape index (κ1) is 38.6. The summed E-state index contributed by atoms with van der Waals surface area (Å²) in [5.74, 6) is 0. The minimum absolute atomic E-state index is 0.559. The van der Waals surface area contributed by atoms with E-state index in [0.29, 0.717) is 13.2 Å². The molecule has 0 unspecified atom stereocenters. The van der Waals surface area contributed by atoms with Crippen molar-refractivity contribution < 1.29 is 13.6 Å². The molecule has 0 atom stereocenters. The minimum atomic E-state index is -2.31. The van der Waals surface area contributed by atoms with Gasteiger partial charge in [0.1, 0.15) is 0 Å². The summed E-state index contributed by atoms with van der Waals surface area (Å²) in [6.07, 6.45) is 50.1. The summed E-state index contributed by atoms with van der Waals surface area (Å²) in [4.78, 5) is 0. The highest BCUT2D eigenvalue weighted by Gasteiger charge is 2.00. The Hall–Kier alpha value is -1.41. The molecular weight excluding hydrogens is 511 g/mol. The van der Waals surface area contributed by atoms with Crippen molar-refractivity contribution in [1.29, 1.82) is 0 Å². The van der Waals surface area contributed by atoms with Crippen molar-refractivity contribution in [2.45, 2.75) is 142 Å². The van der Waals surface area contributed by atoms with Crippen LogP contribution in [-0.2, 0) is 13.6 Å². The smallest absolute Gasteiger partial charge is 0.311 e. The molecule has 230 valence electrons. The van der Waals surface area contributed by atoms with Gasteiger partial charge in [0.05, 0.1) is 13.2 Å². The molecular formula is C36H63O3P. The molecule has 3 nitrogen and oxygen atoms in total. The molecule has 0 aromatic heterocycles. The van der Waals surface area contributed by atoms with Gasteiger partial charge in [0, 0.05) is 0 Å². The summed E-state index contributed by atoms with van der Waals surface area (Å²) in [7, 11) is -2.31. The van der Waals surface area contributed by atoms with Gasteiger partial charge in [-0.25, -0.2) is 0 Å². The van der Waals surface area contributed by atoms with Crippen molar-refractivity contribution in [2.24, 2.45) is 0 Å². The van der Waals surface area contributed by atoms with Gasteiger partial charge in [-0.15, -0.1) is 0 Å². The lowest BCUT2D eigenvalue weighted by Crippen LogP contribution is -1.92. The third-order valence-electron chi connectivity index (χ3n) is 6.53. The van der Waals surface area contributed by atoms with Gasteiger partial charge < -0.3 is 9.05 Å². The fraction of sp³-hybridized carbons (Fsp3) is 0.667. The normalized spacial score (nSPS) is 12.9. The van der Waals surface area contributed by atoms with E-state index >= 15 is 0 Å². The van der Waals surface area contributed by atoms with Crippen LogP contribution in [0.5, 0.6) is 0 Å². The van der Waals surface area contributed by atoms with Gasteiger partial charge in [0.25, 0.3) is 0 Å². The predicted octanol–water partition coefficient (Wildman–Crippen LogP) is 12.6. The first-order valence-electron chi connectivity index (χ1n) is 16.5. The fourth-order valence-corrected chi connectivity index (χ4v) is 4.85. The third kappa shape index (κ3) is 34.6. The molecule has 0 aromatic carbocycles. The second-order valence-corrected chi connectivity index (χ2v) is 11.4. The van der Waals surface area contributed by atoms with E-state index < -0.39 is 8.25 Å². The second kappa shape index (κ2) is 35.6. The van der Waals surface area contributed by atoms with Crippen LogP contribution in [0.1, 0.15) is 142 Å². The number of allylic oxidation sites excluding steroid dienone is 12. The summed E-state index contributed by atoms with van der Waals surface area (Å²) in [5, 5.41) is 0. The lowest BCUT2D eigenvalue weighted by atomic mass is 10.1. The van der Waals surface area contributed by atoms with E-state index in [-0.39, 0.29) is 0 Å². The van der Waals surface area contributed by atoms with Gasteiger partial charge in [0.15, 0.2) is 0 Å². The maximum Gasteiger partial charge on any atom is 0.319 e. The van der Waals surface area contributed by atoms with E-state index in [0.717, 1.165) is 64.2 Å². The molecule has 0 rings (SSSR count). The van der Waals surface area contributed by atoms with Crippen LogP contribution in [0.2, 0.25) is 0 Å². The molecule has 0 bridgehead atoms. The molecule has 0 aliphatic carbocycles. The highest BCUT2D eigenvalue weighted by molar-refractivity contribution is 7.33. The highest BCUT2D eigenvalue weighted by atomic mass is 31.1. The van der Waals surface area contributed by atoms with E-state index in [2.05, 4.69) is 86.8 Å². The monoisotopic (exact) mass is 574 g/mol. The number of hydrogen-bond acceptors (Lipinski definition) is 3. The zero-order chi connectivity index (χ0) is 29.0. The van der Waals surface area contributed by atoms with Crippen LogP contribution in [0, 0.1) is 0 Å². The van der Waals surface area contributed by atoms with Gasteiger partial charge in [-0.05, 0) is 77.0 Å². The van der Waals surface area contributed by atoms with E-state index in [4.69, 9.17) is 9.05 Å². The average molecular weight is 575 g/mol. The standard InChI is InChI=1S/C36H63O3P/c1-3-5-7-9-11-13-15-17-19-21-23-25-27-29-31-33-35-38-40(37)39-36-34-32-30-28-26-24-22-20-18-16-14-12-10-8-6-4-2/h5-8,11-14,17-20,40H,3-4,9-10,15-16,21-36H2,1-2H3/b7-5-,8-6-,13-11-,14-12-,19-17-,20-18-. The predicted molar refractivity (Wildman–Crippen MR) is 179 cm³/mol. The molecule has 0 radical (unpaired) electrons. The number of unbranched alkanes of at least 4 members (excludes halogenated alkanes) is 12. The largest absolute Gasteiger partial charge is 0.319 e. The summed E-state index contributed by atoms with van der Waals surface area (Å²) in [5.41, 5.74) is 0. The fourth-order valence-electron chi connectivity index (χ4n) is 4.15. The summed E-state index contributed by atoms with van der Waals surface area (Å²) in [6, 6.07) is 0. The molecule has 0 saturated heterocycles. The molecule has 0 saturated carbocycles. The van der Waals surface area contributed by atoms with E-state index in [1.165, 1.54) is 64.2 Å². The van der Waals surface area contributed by atoms with Crippen molar-refractivity contribution in [3.05, 3.63) is 72.9 Å². The van der Waals surface area contributed by atoms with Gasteiger partial charge in [-0.1, -0.05) is 138 Å². The third-order valence-corrected chi connectivity index (χ3v) is 7.41. The Morgan fingerprint density at radius 1 is 0.400 bits per heavy atom. The Labute approximate surface area is 249 Å². The molecule has 4 heteroatoms. The molecule has 0 aromatic rings. The van der Waals surface area contributed by atoms with Crippen LogP contribution in [0.3, 0.4) is 0 Å². The number of hydrogen-bond donors (Lipinski definition) is 0. The second-order valence-electron chi connectivity index (χ2n) is 10.4. The van der Waals surface area contributed by atoms with E-state index in [1.807, 2.05) is 0 Å². The summed E-state index contributed by atoms with van der Waals surface area (Å²) >= 11 is 0. The van der Waals surface area contributed by atoms with Crippen molar-refractivity contribution in [1.82, 2.24) is 0 Å². The van der Waals surface area contributed by atoms with Crippen LogP contribution in [0.4, 0.5) is 0 Å². The Morgan fingerprint density at radius 2 is 0.700 bits per heavy atom. The highest BCUT2D eigenvalue weighted by Crippen LogP contribution is 2.25. The van der Waals surface area contributed by atoms with Crippen LogP contribution in [-0.4, -0.2) is 13.2 Å². The maximum atomic E-state index is 11.9. The Balaban J connectivity index is 3.31. The Bertz CT molecular complexity index is 645. The van der Waals surface area contributed by atoms with Crippen LogP contribution >= 0.6 is 8.25 Å². The molecule has 0 aliphatic rings. The lowest BCUT2D eigenvalue weighted by Gasteiger charge is -2.06. The maximum absolute atomic E-state index is 11.9. The SMILES string of the molecule is CC/C=C\C/C=C\C/C=C\CCCCCCCCO[PH](=O)OCCCCCCCC/C=C\C/C=C\C/C=C\CC. The molecule has 40 heavy (non-hydrogen) atoms. The first-order chi connectivity index (χ1) is 19.8. The number of rotatable bonds is 30.